The number of hydrogen-bond donors (Lipinski definition) is 1. The fraction of sp³-hybridized carbons (Fsp3) is 0.714. The van der Waals surface area contributed by atoms with Crippen LogP contribution in [0.15, 0.2) is 10.9 Å². The van der Waals surface area contributed by atoms with Crippen molar-refractivity contribution in [2.75, 3.05) is 6.61 Å². The summed E-state index contributed by atoms with van der Waals surface area (Å²) in [4.78, 5) is 19.2. The topological polar surface area (TPSA) is 55.0 Å². The minimum Gasteiger partial charge on any atom is -0.371 e. The molecule has 100 valence electrons. The van der Waals surface area contributed by atoms with Gasteiger partial charge in [-0.1, -0.05) is 19.8 Å². The van der Waals surface area contributed by atoms with Crippen LogP contribution in [0.25, 0.3) is 0 Å². The Hall–Kier alpha value is -1.16. The third kappa shape index (κ3) is 2.99. The molecule has 18 heavy (non-hydrogen) atoms. The normalized spacial score (nSPS) is 18.1. The molecule has 2 rings (SSSR count). The molecule has 1 aromatic rings. The number of hydrogen-bond acceptors (Lipinski definition) is 3. The molecular formula is C14H22N2O2. The van der Waals surface area contributed by atoms with Crippen LogP contribution >= 0.6 is 0 Å². The van der Waals surface area contributed by atoms with E-state index in [1.54, 1.807) is 6.07 Å². The maximum absolute atomic E-state index is 11.7. The predicted octanol–water partition coefficient (Wildman–Crippen LogP) is 2.92. The van der Waals surface area contributed by atoms with E-state index in [1.165, 1.54) is 12.8 Å². The fourth-order valence-corrected chi connectivity index (χ4v) is 2.67. The number of rotatable bonds is 5. The summed E-state index contributed by atoms with van der Waals surface area (Å²) in [5.74, 6) is 1.15. The van der Waals surface area contributed by atoms with Crippen LogP contribution in [0.2, 0.25) is 0 Å². The summed E-state index contributed by atoms with van der Waals surface area (Å²) >= 11 is 0. The van der Waals surface area contributed by atoms with Crippen LogP contribution in [0.1, 0.15) is 69.5 Å². The van der Waals surface area contributed by atoms with Gasteiger partial charge in [0.25, 0.3) is 5.56 Å². The lowest BCUT2D eigenvalue weighted by molar-refractivity contribution is 0.0531. The number of H-pyrrole nitrogens is 1. The quantitative estimate of drug-likeness (QED) is 0.874. The number of nitrogens with zero attached hydrogens (tertiary/aromatic N) is 1. The number of aromatic nitrogens is 2. The Labute approximate surface area is 108 Å². The summed E-state index contributed by atoms with van der Waals surface area (Å²) in [5, 5.41) is 0. The monoisotopic (exact) mass is 250 g/mol. The summed E-state index contributed by atoms with van der Waals surface area (Å²) in [6, 6.07) is 1.65. The van der Waals surface area contributed by atoms with Crippen LogP contribution < -0.4 is 5.56 Å². The van der Waals surface area contributed by atoms with Crippen molar-refractivity contribution in [1.29, 1.82) is 0 Å². The largest absolute Gasteiger partial charge is 0.371 e. The number of aromatic amines is 1. The first-order valence-corrected chi connectivity index (χ1v) is 6.97. The molecule has 1 unspecified atom stereocenters. The SMILES string of the molecule is CCOC(CC)c1nc(C2CCCC2)cc(=O)[nH]1. The van der Waals surface area contributed by atoms with E-state index in [-0.39, 0.29) is 11.7 Å². The molecular weight excluding hydrogens is 228 g/mol. The summed E-state index contributed by atoms with van der Waals surface area (Å²) in [6.45, 7) is 4.64. The second-order valence-corrected chi connectivity index (χ2v) is 4.89. The molecule has 0 bridgehead atoms. The van der Waals surface area contributed by atoms with E-state index < -0.39 is 0 Å². The van der Waals surface area contributed by atoms with Gasteiger partial charge >= 0.3 is 0 Å². The molecule has 0 amide bonds. The Morgan fingerprint density at radius 2 is 2.17 bits per heavy atom. The van der Waals surface area contributed by atoms with Crippen molar-refractivity contribution >= 4 is 0 Å². The Morgan fingerprint density at radius 1 is 1.44 bits per heavy atom. The van der Waals surface area contributed by atoms with E-state index in [2.05, 4.69) is 9.97 Å². The van der Waals surface area contributed by atoms with Crippen molar-refractivity contribution < 1.29 is 4.74 Å². The third-order valence-electron chi connectivity index (χ3n) is 3.60. The maximum atomic E-state index is 11.7. The molecule has 0 spiro atoms. The Bertz CT molecular complexity index is 436. The van der Waals surface area contributed by atoms with Crippen LogP contribution in [-0.4, -0.2) is 16.6 Å². The molecule has 4 heteroatoms. The number of nitrogens with one attached hydrogen (secondary N) is 1. The van der Waals surface area contributed by atoms with E-state index in [0.29, 0.717) is 18.3 Å². The summed E-state index contributed by atoms with van der Waals surface area (Å²) in [5.41, 5.74) is 0.893. The van der Waals surface area contributed by atoms with Gasteiger partial charge in [0.1, 0.15) is 11.9 Å². The van der Waals surface area contributed by atoms with Gasteiger partial charge in [-0.25, -0.2) is 4.98 Å². The Kier molecular flexibility index (Phi) is 4.53. The average Bonchev–Trinajstić information content (AvgIpc) is 2.89. The Balaban J connectivity index is 2.27. The second-order valence-electron chi connectivity index (χ2n) is 4.89. The van der Waals surface area contributed by atoms with Crippen LogP contribution in [0.3, 0.4) is 0 Å². The molecule has 1 aromatic heterocycles. The van der Waals surface area contributed by atoms with Gasteiger partial charge in [-0.15, -0.1) is 0 Å². The summed E-state index contributed by atoms with van der Waals surface area (Å²) in [6.07, 6.45) is 5.53. The summed E-state index contributed by atoms with van der Waals surface area (Å²) in [7, 11) is 0. The van der Waals surface area contributed by atoms with Gasteiger partial charge in [-0.3, -0.25) is 4.79 Å². The predicted molar refractivity (Wildman–Crippen MR) is 70.7 cm³/mol. The van der Waals surface area contributed by atoms with Gasteiger partial charge in [-0.05, 0) is 26.2 Å². The fourth-order valence-electron chi connectivity index (χ4n) is 2.67. The lowest BCUT2D eigenvalue weighted by atomic mass is 10.0. The van der Waals surface area contributed by atoms with Crippen molar-refractivity contribution in [3.05, 3.63) is 27.9 Å². The molecule has 1 saturated carbocycles. The smallest absolute Gasteiger partial charge is 0.251 e. The van der Waals surface area contributed by atoms with Gasteiger partial charge in [0.2, 0.25) is 0 Å². The van der Waals surface area contributed by atoms with Gasteiger partial charge in [-0.2, -0.15) is 0 Å². The van der Waals surface area contributed by atoms with Crippen molar-refractivity contribution in [2.45, 2.75) is 58.0 Å². The highest BCUT2D eigenvalue weighted by molar-refractivity contribution is 5.11. The first-order valence-electron chi connectivity index (χ1n) is 6.97. The zero-order valence-electron chi connectivity index (χ0n) is 11.2. The average molecular weight is 250 g/mol. The highest BCUT2D eigenvalue weighted by Crippen LogP contribution is 2.32. The van der Waals surface area contributed by atoms with E-state index in [0.717, 1.165) is 25.0 Å². The van der Waals surface area contributed by atoms with Crippen LogP contribution in [0.5, 0.6) is 0 Å². The van der Waals surface area contributed by atoms with Crippen molar-refractivity contribution in [3.8, 4) is 0 Å². The standard InChI is InChI=1S/C14H22N2O2/c1-3-12(18-4-2)14-15-11(9-13(17)16-14)10-7-5-6-8-10/h9-10,12H,3-8H2,1-2H3,(H,15,16,17). The third-order valence-corrected chi connectivity index (χ3v) is 3.60. The van der Waals surface area contributed by atoms with Gasteiger partial charge < -0.3 is 9.72 Å². The first kappa shape index (κ1) is 13.3. The molecule has 4 nitrogen and oxygen atoms in total. The van der Waals surface area contributed by atoms with Crippen LogP contribution in [0, 0.1) is 0 Å². The van der Waals surface area contributed by atoms with Crippen LogP contribution in [-0.2, 0) is 4.74 Å². The number of ether oxygens (including phenoxy) is 1. The lowest BCUT2D eigenvalue weighted by Crippen LogP contribution is -2.18. The molecule has 1 heterocycles. The van der Waals surface area contributed by atoms with Gasteiger partial charge in [0.15, 0.2) is 0 Å². The zero-order chi connectivity index (χ0) is 13.0. The summed E-state index contributed by atoms with van der Waals surface area (Å²) < 4.78 is 5.62. The molecule has 1 aliphatic rings. The molecule has 0 aromatic carbocycles. The van der Waals surface area contributed by atoms with E-state index in [1.807, 2.05) is 13.8 Å². The molecule has 0 saturated heterocycles. The van der Waals surface area contributed by atoms with Crippen LogP contribution in [0.4, 0.5) is 0 Å². The van der Waals surface area contributed by atoms with E-state index >= 15 is 0 Å². The van der Waals surface area contributed by atoms with E-state index in [4.69, 9.17) is 4.74 Å². The van der Waals surface area contributed by atoms with E-state index in [9.17, 15) is 4.79 Å². The van der Waals surface area contributed by atoms with Gasteiger partial charge in [0.05, 0.1) is 5.69 Å². The molecule has 1 atom stereocenters. The second kappa shape index (κ2) is 6.14. The molecule has 1 fully saturated rings. The maximum Gasteiger partial charge on any atom is 0.251 e. The molecule has 1 N–H and O–H groups in total. The Morgan fingerprint density at radius 3 is 2.78 bits per heavy atom. The highest BCUT2D eigenvalue weighted by atomic mass is 16.5. The molecule has 1 aliphatic carbocycles. The molecule has 0 aliphatic heterocycles. The minimum atomic E-state index is -0.0935. The first-order chi connectivity index (χ1) is 8.74. The highest BCUT2D eigenvalue weighted by Gasteiger charge is 2.21. The lowest BCUT2D eigenvalue weighted by Gasteiger charge is -2.16. The van der Waals surface area contributed by atoms with Crippen molar-refractivity contribution in [2.24, 2.45) is 0 Å². The van der Waals surface area contributed by atoms with Crippen molar-refractivity contribution in [1.82, 2.24) is 9.97 Å². The van der Waals surface area contributed by atoms with Gasteiger partial charge in [0, 0.05) is 18.6 Å². The van der Waals surface area contributed by atoms with Crippen molar-refractivity contribution in [3.63, 3.8) is 0 Å². The minimum absolute atomic E-state index is 0.0555. The molecule has 0 radical (unpaired) electrons. The zero-order valence-corrected chi connectivity index (χ0v) is 11.2.